The first-order chi connectivity index (χ1) is 50.4. The molecule has 0 aromatic heterocycles. The molecule has 5 atom stereocenters. The van der Waals surface area contributed by atoms with Gasteiger partial charge in [-0.3, -0.25) is 37.3 Å². The van der Waals surface area contributed by atoms with E-state index in [9.17, 15) is 43.2 Å². The average Bonchev–Trinajstić information content (AvgIpc) is 0.904. The molecule has 19 heteroatoms. The number of carbonyl (C=O) groups is 4. The Morgan fingerprint density at radius 3 is 0.654 bits per heavy atom. The molecule has 0 rings (SSSR count). The second-order valence-electron chi connectivity index (χ2n) is 31.5. The third-order valence-electron chi connectivity index (χ3n) is 20.0. The predicted octanol–water partition coefficient (Wildman–Crippen LogP) is 25.8. The molecule has 0 spiro atoms. The molecule has 0 heterocycles. The van der Waals surface area contributed by atoms with Crippen molar-refractivity contribution in [3.63, 3.8) is 0 Å². The average molecular weight is 1520 g/mol. The van der Waals surface area contributed by atoms with Gasteiger partial charge in [0.1, 0.15) is 19.3 Å². The second-order valence-corrected chi connectivity index (χ2v) is 34.4. The molecule has 0 aliphatic rings. The Bertz CT molecular complexity index is 1990. The summed E-state index contributed by atoms with van der Waals surface area (Å²) in [5.41, 5.74) is 0. The molecular weight excluding hydrogens is 1350 g/mol. The molecule has 0 radical (unpaired) electrons. The quantitative estimate of drug-likeness (QED) is 0.0222. The lowest BCUT2D eigenvalue weighted by atomic mass is 10.0. The molecule has 0 bridgehead atoms. The highest BCUT2D eigenvalue weighted by molar-refractivity contribution is 7.47. The van der Waals surface area contributed by atoms with Crippen LogP contribution in [-0.4, -0.2) is 96.7 Å². The number of unbranched alkanes of at least 4 members (excludes halogenated alkanes) is 54. The van der Waals surface area contributed by atoms with Gasteiger partial charge >= 0.3 is 39.5 Å². The van der Waals surface area contributed by atoms with E-state index in [0.29, 0.717) is 25.7 Å². The molecular formula is C85H166O17P2. The Morgan fingerprint density at radius 2 is 0.442 bits per heavy atom. The van der Waals surface area contributed by atoms with E-state index in [2.05, 4.69) is 41.5 Å². The van der Waals surface area contributed by atoms with Crippen LogP contribution in [0.4, 0.5) is 0 Å². The first-order valence-corrected chi connectivity index (χ1v) is 47.0. The van der Waals surface area contributed by atoms with Gasteiger partial charge in [0.2, 0.25) is 0 Å². The summed E-state index contributed by atoms with van der Waals surface area (Å²) in [7, 11) is -9.93. The molecule has 0 aromatic rings. The summed E-state index contributed by atoms with van der Waals surface area (Å²) in [6.07, 6.45) is 67.8. The minimum atomic E-state index is -4.97. The van der Waals surface area contributed by atoms with Crippen LogP contribution in [0.3, 0.4) is 0 Å². The highest BCUT2D eigenvalue weighted by atomic mass is 31.2. The maximum absolute atomic E-state index is 13.1. The van der Waals surface area contributed by atoms with E-state index in [0.717, 1.165) is 102 Å². The number of phosphoric acid groups is 2. The van der Waals surface area contributed by atoms with Crippen molar-refractivity contribution in [3.05, 3.63) is 0 Å². The van der Waals surface area contributed by atoms with Gasteiger partial charge in [0.25, 0.3) is 0 Å². The van der Waals surface area contributed by atoms with Crippen LogP contribution in [0.5, 0.6) is 0 Å². The number of ether oxygens (including phenoxy) is 4. The van der Waals surface area contributed by atoms with E-state index in [4.69, 9.17) is 37.0 Å². The fraction of sp³-hybridized carbons (Fsp3) is 0.953. The molecule has 104 heavy (non-hydrogen) atoms. The van der Waals surface area contributed by atoms with Crippen LogP contribution >= 0.6 is 15.6 Å². The maximum Gasteiger partial charge on any atom is 0.472 e. The Hall–Kier alpha value is -1.94. The van der Waals surface area contributed by atoms with Crippen molar-refractivity contribution < 1.29 is 80.2 Å². The lowest BCUT2D eigenvalue weighted by Gasteiger charge is -2.21. The zero-order valence-electron chi connectivity index (χ0n) is 68.3. The van der Waals surface area contributed by atoms with Gasteiger partial charge in [-0.05, 0) is 37.5 Å². The van der Waals surface area contributed by atoms with Gasteiger partial charge in [0, 0.05) is 25.7 Å². The van der Waals surface area contributed by atoms with Gasteiger partial charge in [0.15, 0.2) is 12.2 Å². The van der Waals surface area contributed by atoms with Crippen LogP contribution in [0, 0.1) is 11.8 Å². The molecule has 2 unspecified atom stereocenters. The van der Waals surface area contributed by atoms with E-state index in [1.807, 2.05) is 0 Å². The molecule has 0 aliphatic heterocycles. The molecule has 3 N–H and O–H groups in total. The Kier molecular flexibility index (Phi) is 75.0. The zero-order chi connectivity index (χ0) is 76.4. The molecule has 0 aromatic carbocycles. The van der Waals surface area contributed by atoms with Crippen molar-refractivity contribution in [1.29, 1.82) is 0 Å². The lowest BCUT2D eigenvalue weighted by Crippen LogP contribution is -2.30. The fourth-order valence-electron chi connectivity index (χ4n) is 13.2. The first-order valence-electron chi connectivity index (χ1n) is 44.0. The Labute approximate surface area is 638 Å². The third-order valence-corrected chi connectivity index (χ3v) is 21.9. The molecule has 0 saturated heterocycles. The van der Waals surface area contributed by atoms with E-state index in [1.54, 1.807) is 0 Å². The molecule has 0 amide bonds. The van der Waals surface area contributed by atoms with Crippen molar-refractivity contribution >= 4 is 39.5 Å². The smallest absolute Gasteiger partial charge is 0.462 e. The molecule has 0 aliphatic carbocycles. The van der Waals surface area contributed by atoms with Gasteiger partial charge in [-0.2, -0.15) is 0 Å². The van der Waals surface area contributed by atoms with Gasteiger partial charge < -0.3 is 33.8 Å². The number of esters is 4. The molecule has 17 nitrogen and oxygen atoms in total. The zero-order valence-corrected chi connectivity index (χ0v) is 70.1. The number of carbonyl (C=O) groups excluding carboxylic acids is 4. The SMILES string of the molecule is CCCCCCCCCCCCCCCCCCC(=O)O[C@H](COC(=O)CCCCCCCCCCCCCC)COP(=O)(O)OC[C@H](O)COP(=O)(O)OC[C@@H](COC(=O)CCCCCCCCCCCCCCCCCC(C)C)OC(=O)CCCCCCCCCCCCCCCCCC(C)C. The van der Waals surface area contributed by atoms with Gasteiger partial charge in [-0.15, -0.1) is 0 Å². The van der Waals surface area contributed by atoms with Crippen molar-refractivity contribution in [2.24, 2.45) is 11.8 Å². The molecule has 618 valence electrons. The predicted molar refractivity (Wildman–Crippen MR) is 428 cm³/mol. The summed E-state index contributed by atoms with van der Waals surface area (Å²) in [5.74, 6) is -0.491. The minimum Gasteiger partial charge on any atom is -0.462 e. The van der Waals surface area contributed by atoms with E-state index in [-0.39, 0.29) is 25.7 Å². The molecule has 0 fully saturated rings. The van der Waals surface area contributed by atoms with Crippen LogP contribution in [0.25, 0.3) is 0 Å². The number of aliphatic hydroxyl groups excluding tert-OH is 1. The summed E-state index contributed by atoms with van der Waals surface area (Å²) in [6.45, 7) is 9.73. The van der Waals surface area contributed by atoms with Crippen molar-refractivity contribution in [1.82, 2.24) is 0 Å². The maximum atomic E-state index is 13.1. The van der Waals surface area contributed by atoms with E-state index in [1.165, 1.54) is 270 Å². The van der Waals surface area contributed by atoms with Crippen molar-refractivity contribution in [2.75, 3.05) is 39.6 Å². The van der Waals surface area contributed by atoms with Crippen LogP contribution in [0.2, 0.25) is 0 Å². The summed E-state index contributed by atoms with van der Waals surface area (Å²) in [6, 6.07) is 0. The normalized spacial score (nSPS) is 13.8. The minimum absolute atomic E-state index is 0.108. The van der Waals surface area contributed by atoms with Gasteiger partial charge in [0.05, 0.1) is 26.4 Å². The second kappa shape index (κ2) is 76.4. The highest BCUT2D eigenvalue weighted by Crippen LogP contribution is 2.45. The topological polar surface area (TPSA) is 237 Å². The Balaban J connectivity index is 5.26. The third kappa shape index (κ3) is 78.2. The monoisotopic (exact) mass is 1520 g/mol. The van der Waals surface area contributed by atoms with Crippen molar-refractivity contribution in [2.45, 2.75) is 471 Å². The van der Waals surface area contributed by atoms with Crippen LogP contribution in [0.15, 0.2) is 0 Å². The number of phosphoric ester groups is 2. The summed E-state index contributed by atoms with van der Waals surface area (Å²) in [5, 5.41) is 10.7. The van der Waals surface area contributed by atoms with Crippen LogP contribution < -0.4 is 0 Å². The lowest BCUT2D eigenvalue weighted by molar-refractivity contribution is -0.161. The van der Waals surface area contributed by atoms with Gasteiger partial charge in [-0.1, -0.05) is 401 Å². The molecule has 0 saturated carbocycles. The number of rotatable bonds is 84. The summed E-state index contributed by atoms with van der Waals surface area (Å²) < 4.78 is 68.9. The standard InChI is InChI=1S/C85H166O17P2/c1-7-9-11-13-15-17-19-21-22-27-33-39-45-51-57-63-69-84(89)101-80(73-95-82(87)67-61-55-49-43-37-20-18-16-14-12-10-8-2)75-99-103(91,92)97-71-79(86)72-98-104(93,94)100-76-81(102-85(90)70-64-58-52-46-40-34-29-24-26-31-36-42-48-54-60-66-78(5)6)74-96-83(88)68-62-56-50-44-38-32-28-23-25-30-35-41-47-53-59-65-77(3)4/h77-81,86H,7-76H2,1-6H3,(H,91,92)(H,93,94)/t79-,80+,81+/m0/s1. The number of hydrogen-bond acceptors (Lipinski definition) is 15. The Morgan fingerprint density at radius 1 is 0.260 bits per heavy atom. The van der Waals surface area contributed by atoms with Crippen LogP contribution in [0.1, 0.15) is 452 Å². The summed E-state index contributed by atoms with van der Waals surface area (Å²) >= 11 is 0. The summed E-state index contributed by atoms with van der Waals surface area (Å²) in [4.78, 5) is 73.2. The van der Waals surface area contributed by atoms with Crippen molar-refractivity contribution in [3.8, 4) is 0 Å². The number of hydrogen-bond donors (Lipinski definition) is 3. The fourth-order valence-corrected chi connectivity index (χ4v) is 14.8. The number of aliphatic hydroxyl groups is 1. The largest absolute Gasteiger partial charge is 0.472 e. The van der Waals surface area contributed by atoms with Crippen LogP contribution in [-0.2, 0) is 65.4 Å². The van der Waals surface area contributed by atoms with E-state index >= 15 is 0 Å². The van der Waals surface area contributed by atoms with Gasteiger partial charge in [-0.25, -0.2) is 9.13 Å². The van der Waals surface area contributed by atoms with E-state index < -0.39 is 97.5 Å². The highest BCUT2D eigenvalue weighted by Gasteiger charge is 2.30. The first kappa shape index (κ1) is 102.